The Morgan fingerprint density at radius 2 is 0.764 bits per heavy atom. The van der Waals surface area contributed by atoms with Gasteiger partial charge >= 0.3 is 0 Å². The molecule has 11 aromatic heterocycles. The van der Waals surface area contributed by atoms with Crippen molar-refractivity contribution in [1.29, 1.82) is 0 Å². The van der Waals surface area contributed by atoms with Gasteiger partial charge in [-0.1, -0.05) is 210 Å². The molecular formula is C134H109IrN11OS-2. The summed E-state index contributed by atoms with van der Waals surface area (Å²) in [5.41, 5.74) is 40.9. The van der Waals surface area contributed by atoms with Gasteiger partial charge in [-0.05, 0) is 297 Å². The summed E-state index contributed by atoms with van der Waals surface area (Å²) >= 11 is 1.88. The number of hydrogen-bond acceptors (Lipinski definition) is 7. The number of aromatic nitrogens is 11. The van der Waals surface area contributed by atoms with E-state index in [1.54, 1.807) is 0 Å². The molecule has 0 amide bonds. The number of imidazole rings is 2. The Bertz CT molecular complexity index is 9650. The van der Waals surface area contributed by atoms with Gasteiger partial charge in [-0.3, -0.25) is 24.9 Å². The first-order valence-corrected chi connectivity index (χ1v) is 51.5. The maximum atomic E-state index is 6.72. The molecular weight excluding hydrogens is 2000 g/mol. The minimum absolute atomic E-state index is 0. The third kappa shape index (κ3) is 16.8. The van der Waals surface area contributed by atoms with E-state index >= 15 is 0 Å². The molecule has 16 aromatic carbocycles. The van der Waals surface area contributed by atoms with Crippen molar-refractivity contribution in [3.8, 4) is 90.3 Å². The molecule has 12 nitrogen and oxygen atoms in total. The van der Waals surface area contributed by atoms with Gasteiger partial charge in [0.05, 0.1) is 67.0 Å². The quantitative estimate of drug-likeness (QED) is 0.0792. The number of fused-ring (bicyclic) bond motifs is 18. The zero-order chi connectivity index (χ0) is 98.6. The maximum Gasteiger partial charge on any atom is 0.159 e. The summed E-state index contributed by atoms with van der Waals surface area (Å²) in [6.45, 7) is 22.2. The Morgan fingerprint density at radius 1 is 0.318 bits per heavy atom. The maximum absolute atomic E-state index is 6.72. The zero-order valence-corrected chi connectivity index (χ0v) is 86.7. The number of nitrogens with zero attached hydrogens (tertiary/aromatic N) is 11. The van der Waals surface area contributed by atoms with Crippen LogP contribution in [0.3, 0.4) is 0 Å². The van der Waals surface area contributed by atoms with E-state index in [-0.39, 0.29) is 27.5 Å². The van der Waals surface area contributed by atoms with Gasteiger partial charge < -0.3 is 31.8 Å². The van der Waals surface area contributed by atoms with Gasteiger partial charge in [-0.2, -0.15) is 0 Å². The van der Waals surface area contributed by atoms with E-state index < -0.39 is 0 Å². The molecule has 11 heterocycles. The minimum Gasteiger partial charge on any atom is -0.454 e. The van der Waals surface area contributed by atoms with E-state index in [2.05, 4.69) is 423 Å². The molecule has 723 valence electrons. The first kappa shape index (κ1) is 94.8. The van der Waals surface area contributed by atoms with E-state index in [1.807, 2.05) is 103 Å². The molecule has 0 aliphatic heterocycles. The average Bonchev–Trinajstić information content (AvgIpc) is 1.57. The summed E-state index contributed by atoms with van der Waals surface area (Å²) in [6.07, 6.45) is 16.5. The Hall–Kier alpha value is -16.7. The van der Waals surface area contributed by atoms with Crippen LogP contribution in [0.2, 0.25) is 0 Å². The molecule has 1 radical (unpaired) electrons. The van der Waals surface area contributed by atoms with Crippen LogP contribution >= 0.6 is 11.3 Å². The van der Waals surface area contributed by atoms with E-state index in [0.29, 0.717) is 17.8 Å². The van der Waals surface area contributed by atoms with E-state index in [0.717, 1.165) is 130 Å². The number of pyridine rings is 3. The molecule has 0 fully saturated rings. The van der Waals surface area contributed by atoms with Crippen LogP contribution in [0.15, 0.2) is 406 Å². The van der Waals surface area contributed by atoms with Crippen LogP contribution in [-0.4, -0.2) is 52.3 Å². The zero-order valence-electron chi connectivity index (χ0n) is 83.5. The second-order valence-electron chi connectivity index (χ2n) is 39.3. The van der Waals surface area contributed by atoms with Gasteiger partial charge in [0.1, 0.15) is 16.6 Å². The molecule has 0 saturated carbocycles. The SMILES string of the molecule is C.CCC(C)c1cccc(-n2c3ccccc3c3cc(-c4ccc5sc6ccc(-c7cccc(-n8c9ccccc9c9ccccc98)c7)cc6c5c4)ccc32)c1.CCC(CC(C)c1c[c-]c(-c2nccn2-c2c(C)cc(C)cc2C)cc1)c1cccc(-n2c3ccc(-c4cc(-n5c6cccnc6c6ncccc65)c5oc6ccccc6c5c4)cc3c3ncccc32)c1.Cc1cc(C)c(-n2ccnc2-c2[c-]cccc2)c(C)c1.[Ir]. The van der Waals surface area contributed by atoms with Crippen LogP contribution in [0.25, 0.3) is 220 Å². The number of furan rings is 1. The van der Waals surface area contributed by atoms with Crippen LogP contribution in [0.1, 0.15) is 122 Å². The van der Waals surface area contributed by atoms with Gasteiger partial charge in [-0.25, -0.2) is 0 Å². The molecule has 0 saturated heterocycles. The van der Waals surface area contributed by atoms with Crippen molar-refractivity contribution < 1.29 is 24.5 Å². The fraction of sp³-hybridized carbons (Fsp3) is 0.127. The molecule has 0 N–H and O–H groups in total. The van der Waals surface area contributed by atoms with Crippen molar-refractivity contribution in [2.75, 3.05) is 0 Å². The fourth-order valence-electron chi connectivity index (χ4n) is 23.0. The van der Waals surface area contributed by atoms with Gasteiger partial charge in [0, 0.05) is 150 Å². The molecule has 27 aromatic rings. The van der Waals surface area contributed by atoms with Crippen LogP contribution < -0.4 is 0 Å². The third-order valence-corrected chi connectivity index (χ3v) is 31.1. The van der Waals surface area contributed by atoms with Crippen molar-refractivity contribution in [2.45, 2.75) is 114 Å². The van der Waals surface area contributed by atoms with Crippen molar-refractivity contribution in [3.63, 3.8) is 0 Å². The van der Waals surface area contributed by atoms with Crippen molar-refractivity contribution in [3.05, 3.63) is 463 Å². The number of thiophene rings is 1. The number of benzene rings is 16. The van der Waals surface area contributed by atoms with Crippen LogP contribution in [0.5, 0.6) is 0 Å². The molecule has 27 rings (SSSR count). The topological polar surface area (TPSA) is 107 Å². The predicted molar refractivity (Wildman–Crippen MR) is 616 cm³/mol. The first-order valence-electron chi connectivity index (χ1n) is 50.7. The number of para-hydroxylation sites is 4. The Morgan fingerprint density at radius 3 is 1.32 bits per heavy atom. The summed E-state index contributed by atoms with van der Waals surface area (Å²) in [6, 6.07) is 137. The van der Waals surface area contributed by atoms with Gasteiger partial charge in [-0.15, -0.1) is 82.6 Å². The van der Waals surface area contributed by atoms with Crippen LogP contribution in [0, 0.1) is 53.7 Å². The standard InChI is InChI=1S/C63H50N7O.C52H38N2S.C18H17N2.CH4.Ir/c1-6-42(33-39(3)43-20-22-44(23-21-43)63-67-29-30-68(63)61-40(4)31-38(2)32-41(61)5)45-13-9-14-48(34-45)69-52-25-24-46(35-51(52)58-53(69)16-10-26-64-58)47-36-50-49-15-7-8-19-57(49)71-62(50)56(37-47)70-54-17-11-27-65-59(54)60-55(70)18-12-28-66-60;1-3-33(2)34-12-10-14-39(28-34)54-49-21-9-6-18-43(49)44-30-36(22-25-50(44)54)38-24-27-52-46(32-38)45-31-37(23-26-51(45)55-52)35-13-11-15-40(29-35)53-47-19-7-4-16-41(47)42-17-5-8-20-48(42)53;1-13-11-14(2)17(15(3)12-13)20-10-9-19-18(20)16-7-5-4-6-8-16;;/h7-22,24-32,34-37,39,42H,6,33H2,1-5H3;4-33H,3H2,1-2H3;4-7,9-12H,1-3H3;1H4;/q-1;;-1;;. The largest absolute Gasteiger partial charge is 0.454 e. The van der Waals surface area contributed by atoms with Crippen molar-refractivity contribution in [2.24, 2.45) is 0 Å². The van der Waals surface area contributed by atoms with Crippen LogP contribution in [0.4, 0.5) is 0 Å². The molecule has 0 bridgehead atoms. The van der Waals surface area contributed by atoms with Gasteiger partial charge in [0.15, 0.2) is 5.58 Å². The van der Waals surface area contributed by atoms with Crippen molar-refractivity contribution >= 4 is 141 Å². The second-order valence-corrected chi connectivity index (χ2v) is 40.4. The average molecular weight is 2110 g/mol. The Kier molecular flexibility index (Phi) is 25.2. The summed E-state index contributed by atoms with van der Waals surface area (Å²) in [4.78, 5) is 23.9. The Labute approximate surface area is 878 Å². The Balaban J connectivity index is 0.000000138. The van der Waals surface area contributed by atoms with E-state index in [9.17, 15) is 0 Å². The molecule has 148 heavy (non-hydrogen) atoms. The molecule has 3 unspecified atom stereocenters. The minimum atomic E-state index is 0. The number of aryl methyl sites for hydroxylation is 6. The predicted octanol–water partition coefficient (Wildman–Crippen LogP) is 35.9. The van der Waals surface area contributed by atoms with Crippen molar-refractivity contribution in [1.82, 2.24) is 52.3 Å². The monoisotopic (exact) mass is 2110 g/mol. The summed E-state index contributed by atoms with van der Waals surface area (Å²) in [7, 11) is 0. The molecule has 14 heteroatoms. The fourth-order valence-corrected chi connectivity index (χ4v) is 24.1. The van der Waals surface area contributed by atoms with Gasteiger partial charge in [0.2, 0.25) is 0 Å². The van der Waals surface area contributed by atoms with E-state index in [1.165, 1.54) is 159 Å². The summed E-state index contributed by atoms with van der Waals surface area (Å²) in [5, 5.41) is 11.0. The first-order chi connectivity index (χ1) is 71.6. The second kappa shape index (κ2) is 39.3. The molecule has 0 spiro atoms. The molecule has 3 atom stereocenters. The third-order valence-electron chi connectivity index (χ3n) is 30.0. The molecule has 0 aliphatic rings. The number of rotatable bonds is 18. The molecule has 0 aliphatic carbocycles. The van der Waals surface area contributed by atoms with E-state index in [4.69, 9.17) is 24.4 Å². The summed E-state index contributed by atoms with van der Waals surface area (Å²) in [5.74, 6) is 3.05. The normalized spacial score (nSPS) is 12.3. The van der Waals surface area contributed by atoms with Gasteiger partial charge in [0.25, 0.3) is 0 Å². The van der Waals surface area contributed by atoms with Crippen LogP contribution in [-0.2, 0) is 20.1 Å². The smallest absolute Gasteiger partial charge is 0.159 e. The number of hydrogen-bond donors (Lipinski definition) is 0. The summed E-state index contributed by atoms with van der Waals surface area (Å²) < 4.78 is 23.2.